The molecule has 1 aliphatic carbocycles. The highest BCUT2D eigenvalue weighted by Crippen LogP contribution is 2.38. The van der Waals surface area contributed by atoms with E-state index in [1.54, 1.807) is 18.5 Å². The second-order valence-corrected chi connectivity index (χ2v) is 8.38. The molecule has 1 N–H and O–H groups in total. The van der Waals surface area contributed by atoms with Crippen LogP contribution in [0.2, 0.25) is 5.15 Å². The molecule has 0 radical (unpaired) electrons. The first-order valence-corrected chi connectivity index (χ1v) is 10.4. The zero-order valence-electron chi connectivity index (χ0n) is 16.4. The molecule has 2 fully saturated rings. The Bertz CT molecular complexity index is 841. The SMILES string of the molecule is CN1CCC(Oc2ccc(-c3cnc(Cl)cc3NC3CCC(F)(F)C3)nc2)CC1. The standard InChI is InChI=1S/C21H25ClF2N4O/c1-28-8-5-15(6-9-28)29-16-2-3-18(25-12-16)17-13-26-20(22)10-19(17)27-14-4-7-21(23,24)11-14/h2-3,10,12-15H,4-9,11H2,1H3,(H,26,27). The summed E-state index contributed by atoms with van der Waals surface area (Å²) in [5, 5.41) is 3.52. The topological polar surface area (TPSA) is 50.3 Å². The molecule has 1 atom stereocenters. The number of aromatic nitrogens is 2. The number of piperidine rings is 1. The monoisotopic (exact) mass is 422 g/mol. The third-order valence-electron chi connectivity index (χ3n) is 5.61. The number of hydrogen-bond donors (Lipinski definition) is 1. The summed E-state index contributed by atoms with van der Waals surface area (Å²) < 4.78 is 33.2. The predicted octanol–water partition coefficient (Wildman–Crippen LogP) is 4.87. The summed E-state index contributed by atoms with van der Waals surface area (Å²) in [5.41, 5.74) is 2.09. The van der Waals surface area contributed by atoms with E-state index in [0.717, 1.165) is 37.2 Å². The number of nitrogens with zero attached hydrogens (tertiary/aromatic N) is 3. The fourth-order valence-corrected chi connectivity index (χ4v) is 4.11. The van der Waals surface area contributed by atoms with Crippen molar-refractivity contribution in [1.82, 2.24) is 14.9 Å². The van der Waals surface area contributed by atoms with Crippen LogP contribution in [0.15, 0.2) is 30.6 Å². The van der Waals surface area contributed by atoms with E-state index in [-0.39, 0.29) is 25.0 Å². The molecule has 2 aromatic heterocycles. The molecular weight excluding hydrogens is 398 g/mol. The van der Waals surface area contributed by atoms with Gasteiger partial charge in [0.2, 0.25) is 5.92 Å². The quantitative estimate of drug-likeness (QED) is 0.696. The molecule has 5 nitrogen and oxygen atoms in total. The Morgan fingerprint density at radius 1 is 1.17 bits per heavy atom. The van der Waals surface area contributed by atoms with Gasteiger partial charge in [-0.2, -0.15) is 0 Å². The number of hydrogen-bond acceptors (Lipinski definition) is 5. The molecule has 2 aliphatic rings. The van der Waals surface area contributed by atoms with Gasteiger partial charge in [-0.15, -0.1) is 0 Å². The molecule has 29 heavy (non-hydrogen) atoms. The maximum atomic E-state index is 13.6. The molecule has 0 amide bonds. The van der Waals surface area contributed by atoms with Crippen molar-refractivity contribution in [2.45, 2.75) is 50.2 Å². The minimum Gasteiger partial charge on any atom is -0.489 e. The smallest absolute Gasteiger partial charge is 0.250 e. The van der Waals surface area contributed by atoms with Crippen LogP contribution in [0.1, 0.15) is 32.1 Å². The van der Waals surface area contributed by atoms with E-state index < -0.39 is 5.92 Å². The molecule has 156 valence electrons. The van der Waals surface area contributed by atoms with Gasteiger partial charge in [0.25, 0.3) is 0 Å². The van der Waals surface area contributed by atoms with Gasteiger partial charge in [0.1, 0.15) is 17.0 Å². The van der Waals surface area contributed by atoms with Crippen molar-refractivity contribution in [2.24, 2.45) is 0 Å². The summed E-state index contributed by atoms with van der Waals surface area (Å²) in [7, 11) is 2.12. The van der Waals surface area contributed by atoms with Crippen molar-refractivity contribution in [3.8, 4) is 17.0 Å². The summed E-state index contributed by atoms with van der Waals surface area (Å²) in [6, 6.07) is 5.12. The van der Waals surface area contributed by atoms with Gasteiger partial charge in [0.15, 0.2) is 0 Å². The van der Waals surface area contributed by atoms with Gasteiger partial charge in [0.05, 0.1) is 11.9 Å². The van der Waals surface area contributed by atoms with E-state index in [4.69, 9.17) is 16.3 Å². The lowest BCUT2D eigenvalue weighted by Crippen LogP contribution is -2.35. The minimum atomic E-state index is -2.61. The Balaban J connectivity index is 1.48. The molecule has 2 aromatic rings. The molecule has 0 spiro atoms. The van der Waals surface area contributed by atoms with Gasteiger partial charge in [-0.05, 0) is 44.5 Å². The van der Waals surface area contributed by atoms with E-state index in [1.807, 2.05) is 12.1 Å². The Labute approximate surface area is 174 Å². The molecule has 1 unspecified atom stereocenters. The fraction of sp³-hybridized carbons (Fsp3) is 0.524. The lowest BCUT2D eigenvalue weighted by molar-refractivity contribution is 0.00852. The van der Waals surface area contributed by atoms with Gasteiger partial charge >= 0.3 is 0 Å². The summed E-state index contributed by atoms with van der Waals surface area (Å²) in [5.74, 6) is -1.88. The van der Waals surface area contributed by atoms with E-state index in [9.17, 15) is 8.78 Å². The Morgan fingerprint density at radius 3 is 2.62 bits per heavy atom. The predicted molar refractivity (Wildman–Crippen MR) is 110 cm³/mol. The largest absolute Gasteiger partial charge is 0.489 e. The van der Waals surface area contributed by atoms with Crippen molar-refractivity contribution in [1.29, 1.82) is 0 Å². The van der Waals surface area contributed by atoms with Gasteiger partial charge in [0, 0.05) is 49.4 Å². The van der Waals surface area contributed by atoms with Crippen molar-refractivity contribution in [3.63, 3.8) is 0 Å². The zero-order chi connectivity index (χ0) is 20.4. The highest BCUT2D eigenvalue weighted by molar-refractivity contribution is 6.29. The molecule has 0 bridgehead atoms. The van der Waals surface area contributed by atoms with Gasteiger partial charge in [-0.3, -0.25) is 4.98 Å². The molecule has 8 heteroatoms. The van der Waals surface area contributed by atoms with Gasteiger partial charge < -0.3 is 15.0 Å². The van der Waals surface area contributed by atoms with Gasteiger partial charge in [-0.25, -0.2) is 13.8 Å². The van der Waals surface area contributed by atoms with E-state index in [2.05, 4.69) is 27.2 Å². The van der Waals surface area contributed by atoms with Crippen molar-refractivity contribution < 1.29 is 13.5 Å². The Morgan fingerprint density at radius 2 is 1.97 bits per heavy atom. The van der Waals surface area contributed by atoms with Crippen LogP contribution in [-0.2, 0) is 0 Å². The minimum absolute atomic E-state index is 0.0972. The van der Waals surface area contributed by atoms with Crippen LogP contribution in [0.5, 0.6) is 5.75 Å². The summed E-state index contributed by atoms with van der Waals surface area (Å²) in [6.07, 6.45) is 5.68. The normalized spacial score (nSPS) is 22.6. The van der Waals surface area contributed by atoms with E-state index in [1.165, 1.54) is 0 Å². The van der Waals surface area contributed by atoms with Crippen LogP contribution in [0.25, 0.3) is 11.3 Å². The van der Waals surface area contributed by atoms with E-state index in [0.29, 0.717) is 23.0 Å². The van der Waals surface area contributed by atoms with Crippen LogP contribution in [-0.4, -0.2) is 53.1 Å². The highest BCUT2D eigenvalue weighted by atomic mass is 35.5. The first kappa shape index (κ1) is 20.3. The third-order valence-corrected chi connectivity index (χ3v) is 5.82. The highest BCUT2D eigenvalue weighted by Gasteiger charge is 2.39. The van der Waals surface area contributed by atoms with Crippen LogP contribution in [0.3, 0.4) is 0 Å². The molecule has 1 aliphatic heterocycles. The van der Waals surface area contributed by atoms with Gasteiger partial charge in [-0.1, -0.05) is 11.6 Å². The lowest BCUT2D eigenvalue weighted by Gasteiger charge is -2.29. The first-order chi connectivity index (χ1) is 13.9. The number of nitrogens with one attached hydrogen (secondary N) is 1. The number of alkyl halides is 2. The average molecular weight is 423 g/mol. The Hall–Kier alpha value is -1.99. The van der Waals surface area contributed by atoms with Crippen molar-refractivity contribution in [3.05, 3.63) is 35.7 Å². The number of halogens is 3. The third kappa shape index (κ3) is 5.14. The second-order valence-electron chi connectivity index (χ2n) is 7.99. The number of rotatable bonds is 5. The van der Waals surface area contributed by atoms with Crippen LogP contribution in [0.4, 0.5) is 14.5 Å². The molecule has 4 rings (SSSR count). The molecule has 0 aromatic carbocycles. The summed E-state index contributed by atoms with van der Waals surface area (Å²) >= 11 is 6.05. The van der Waals surface area contributed by atoms with Crippen molar-refractivity contribution >= 4 is 17.3 Å². The first-order valence-electron chi connectivity index (χ1n) is 9.99. The van der Waals surface area contributed by atoms with Crippen LogP contribution < -0.4 is 10.1 Å². The lowest BCUT2D eigenvalue weighted by atomic mass is 10.1. The number of pyridine rings is 2. The van der Waals surface area contributed by atoms with Crippen LogP contribution >= 0.6 is 11.6 Å². The van der Waals surface area contributed by atoms with Crippen molar-refractivity contribution in [2.75, 3.05) is 25.5 Å². The molecule has 1 saturated heterocycles. The maximum absolute atomic E-state index is 13.6. The average Bonchev–Trinajstić information content (AvgIpc) is 3.03. The van der Waals surface area contributed by atoms with E-state index >= 15 is 0 Å². The molecular formula is C21H25ClF2N4O. The summed E-state index contributed by atoms with van der Waals surface area (Å²) in [4.78, 5) is 11.0. The molecule has 1 saturated carbocycles. The number of ether oxygens (including phenoxy) is 1. The number of likely N-dealkylation sites (tertiary alicyclic amines) is 1. The van der Waals surface area contributed by atoms with Crippen LogP contribution in [0, 0.1) is 0 Å². The fourth-order valence-electron chi connectivity index (χ4n) is 3.95. The second kappa shape index (κ2) is 8.40. The Kier molecular flexibility index (Phi) is 5.88. The zero-order valence-corrected chi connectivity index (χ0v) is 17.1. The number of anilines is 1. The summed E-state index contributed by atoms with van der Waals surface area (Å²) in [6.45, 7) is 2.06. The maximum Gasteiger partial charge on any atom is 0.250 e. The molecule has 3 heterocycles.